The van der Waals surface area contributed by atoms with Crippen LogP contribution in [0.5, 0.6) is 23.0 Å². The molecule has 0 unspecified atom stereocenters. The number of aryl methyl sites for hydroxylation is 1. The van der Waals surface area contributed by atoms with Crippen molar-refractivity contribution >= 4 is 40.6 Å². The van der Waals surface area contributed by atoms with Gasteiger partial charge in [-0.1, -0.05) is 59.6 Å². The Labute approximate surface area is 404 Å². The van der Waals surface area contributed by atoms with Crippen molar-refractivity contribution < 1.29 is 43.9 Å². The number of nitrogens with one attached hydrogen (secondary N) is 1. The summed E-state index contributed by atoms with van der Waals surface area (Å²) in [4.78, 5) is 35.9. The van der Waals surface area contributed by atoms with Crippen LogP contribution in [0, 0.1) is 23.3 Å². The van der Waals surface area contributed by atoms with Crippen LogP contribution in [-0.4, -0.2) is 55.8 Å². The first-order chi connectivity index (χ1) is 32.6. The Morgan fingerprint density at radius 3 is 1.78 bits per heavy atom. The van der Waals surface area contributed by atoms with Gasteiger partial charge >= 0.3 is 5.97 Å². The Morgan fingerprint density at radius 1 is 0.721 bits per heavy atom. The summed E-state index contributed by atoms with van der Waals surface area (Å²) in [6.45, 7) is 11.5. The summed E-state index contributed by atoms with van der Waals surface area (Å²) in [5.41, 5.74) is 4.29. The van der Waals surface area contributed by atoms with Gasteiger partial charge < -0.3 is 34.3 Å². The molecule has 0 spiro atoms. The minimum atomic E-state index is -1.38. The van der Waals surface area contributed by atoms with Crippen molar-refractivity contribution in [3.8, 4) is 40.2 Å². The molecule has 0 aliphatic rings. The second-order valence-corrected chi connectivity index (χ2v) is 17.4. The molecule has 2 heterocycles. The number of nitrogens with zero attached hydrogens (tertiary/aromatic N) is 4. The third-order valence-corrected chi connectivity index (χ3v) is 12.0. The Hall–Kier alpha value is -7.04. The lowest BCUT2D eigenvalue weighted by Gasteiger charge is -2.26. The number of carboxylic acid groups (broad SMARTS) is 1. The molecule has 0 fully saturated rings. The minimum absolute atomic E-state index is 0.0760. The summed E-state index contributed by atoms with van der Waals surface area (Å²) < 4.78 is 24.9. The summed E-state index contributed by atoms with van der Waals surface area (Å²) in [6.07, 6.45) is 6.47. The number of Topliss-reactive ketones (excluding diaryl/α,β-unsaturated/α-hetero) is 1. The van der Waals surface area contributed by atoms with Crippen LogP contribution in [0.3, 0.4) is 0 Å². The van der Waals surface area contributed by atoms with Gasteiger partial charge in [-0.15, -0.1) is 0 Å². The second-order valence-electron chi connectivity index (χ2n) is 16.6. The molecule has 0 radical (unpaired) electrons. The van der Waals surface area contributed by atoms with E-state index < -0.39 is 30.1 Å². The van der Waals surface area contributed by atoms with Crippen LogP contribution in [0.2, 0.25) is 10.0 Å². The molecule has 4 aromatic carbocycles. The molecule has 0 saturated carbocycles. The van der Waals surface area contributed by atoms with E-state index in [-0.39, 0.29) is 51.6 Å². The van der Waals surface area contributed by atoms with E-state index in [9.17, 15) is 30.2 Å². The third-order valence-electron chi connectivity index (χ3n) is 11.4. The van der Waals surface area contributed by atoms with Gasteiger partial charge in [0.25, 0.3) is 0 Å². The molecule has 16 heteroatoms. The normalized spacial score (nSPS) is 12.7. The van der Waals surface area contributed by atoms with Crippen LogP contribution in [-0.2, 0) is 49.0 Å². The van der Waals surface area contributed by atoms with Gasteiger partial charge in [0.15, 0.2) is 5.78 Å². The number of hydrogen-bond donors (Lipinski definition) is 4. The van der Waals surface area contributed by atoms with Crippen molar-refractivity contribution in [2.75, 3.05) is 13.2 Å². The fourth-order valence-electron chi connectivity index (χ4n) is 6.79. The molecule has 6 aromatic rings. The molecule has 0 amide bonds. The lowest BCUT2D eigenvalue weighted by atomic mass is 9.85. The third kappa shape index (κ3) is 13.1. The minimum Gasteiger partial charge on any atom is -0.488 e. The summed E-state index contributed by atoms with van der Waals surface area (Å²) in [5.74, 6) is 0.160. The van der Waals surface area contributed by atoms with Crippen molar-refractivity contribution in [3.63, 3.8) is 0 Å². The van der Waals surface area contributed by atoms with Crippen LogP contribution in [0.25, 0.3) is 16.0 Å². The number of ether oxygens (including phenoxy) is 4. The zero-order valence-electron chi connectivity index (χ0n) is 37.6. The number of aliphatic hydroxyl groups is 2. The van der Waals surface area contributed by atoms with E-state index in [0.717, 1.165) is 22.3 Å². The largest absolute Gasteiger partial charge is 0.488 e. The van der Waals surface area contributed by atoms with Gasteiger partial charge in [0.1, 0.15) is 55.5 Å². The maximum Gasteiger partial charge on any atom is 0.311 e. The molecule has 0 saturated heterocycles. The number of halogens is 2. The number of aromatic nitrogens is 2. The zero-order chi connectivity index (χ0) is 48.8. The Bertz CT molecular complexity index is 2670. The topological polar surface area (TPSA) is 198 Å². The van der Waals surface area contributed by atoms with E-state index in [0.29, 0.717) is 66.5 Å². The van der Waals surface area contributed by atoms with Gasteiger partial charge in [-0.05, 0) is 103 Å². The average molecular weight is 959 g/mol. The number of benzene rings is 4. The molecule has 6 rings (SSSR count). The fraction of sp³-hybridized carbons (Fsp3) is 0.269. The summed E-state index contributed by atoms with van der Waals surface area (Å²) in [7, 11) is 0. The molecule has 14 nitrogen and oxygen atoms in total. The second kappa shape index (κ2) is 23.1. The first-order valence-corrected chi connectivity index (χ1v) is 22.1. The highest BCUT2D eigenvalue weighted by Crippen LogP contribution is 2.38. The van der Waals surface area contributed by atoms with Crippen LogP contribution < -0.4 is 24.3 Å². The molecular weight excluding hydrogens is 910 g/mol. The highest BCUT2D eigenvalue weighted by atomic mass is 35.5. The number of rotatable bonds is 23. The van der Waals surface area contributed by atoms with E-state index in [1.165, 1.54) is 26.2 Å². The van der Waals surface area contributed by atoms with Crippen molar-refractivity contribution in [3.05, 3.63) is 170 Å². The van der Waals surface area contributed by atoms with Gasteiger partial charge in [-0.25, -0.2) is 4.85 Å². The number of carbonyl (C=O) groups is 2. The van der Waals surface area contributed by atoms with Crippen molar-refractivity contribution in [1.82, 2.24) is 15.3 Å². The van der Waals surface area contributed by atoms with Crippen LogP contribution >= 0.6 is 23.2 Å². The highest BCUT2D eigenvalue weighted by Gasteiger charge is 2.33. The fourth-order valence-corrected chi connectivity index (χ4v) is 7.27. The first kappa shape index (κ1) is 50.4. The molecule has 68 heavy (non-hydrogen) atoms. The van der Waals surface area contributed by atoms with E-state index in [1.807, 2.05) is 48.5 Å². The predicted molar refractivity (Wildman–Crippen MR) is 256 cm³/mol. The van der Waals surface area contributed by atoms with E-state index in [1.54, 1.807) is 55.7 Å². The monoisotopic (exact) mass is 957 g/mol. The Morgan fingerprint density at radius 2 is 1.25 bits per heavy atom. The van der Waals surface area contributed by atoms with E-state index in [4.69, 9.17) is 48.7 Å². The summed E-state index contributed by atoms with van der Waals surface area (Å²) in [5, 5.41) is 42.6. The van der Waals surface area contributed by atoms with Gasteiger partial charge in [0.2, 0.25) is 5.69 Å². The van der Waals surface area contributed by atoms with Crippen molar-refractivity contribution in [2.24, 2.45) is 5.41 Å². The smallest absolute Gasteiger partial charge is 0.311 e. The maximum absolute atomic E-state index is 12.3. The van der Waals surface area contributed by atoms with E-state index in [2.05, 4.69) is 26.2 Å². The Balaban J connectivity index is 1.17. The number of hydrogen-bond acceptors (Lipinski definition) is 12. The number of carboxylic acids is 1. The quantitative estimate of drug-likeness (QED) is 0.0443. The molecular formula is C52H49Cl2N5O9. The number of carbonyl (C=O) groups excluding carboxylic acids is 1. The van der Waals surface area contributed by atoms with E-state index >= 15 is 0 Å². The zero-order valence-corrected chi connectivity index (χ0v) is 39.1. The Kier molecular flexibility index (Phi) is 17.1. The molecule has 350 valence electrons. The molecule has 0 aliphatic carbocycles. The lowest BCUT2D eigenvalue weighted by molar-refractivity contribution is -0.150. The molecule has 0 aliphatic heterocycles. The van der Waals surface area contributed by atoms with Crippen LogP contribution in [0.4, 0.5) is 5.69 Å². The number of pyridine rings is 2. The summed E-state index contributed by atoms with van der Waals surface area (Å²) >= 11 is 13.5. The van der Waals surface area contributed by atoms with Crippen LogP contribution in [0.15, 0.2) is 110 Å². The molecule has 4 N–H and O–H groups in total. The molecule has 2 aromatic heterocycles. The lowest BCUT2D eigenvalue weighted by Crippen LogP contribution is -2.51. The van der Waals surface area contributed by atoms with Crippen molar-refractivity contribution in [1.29, 1.82) is 5.26 Å². The van der Waals surface area contributed by atoms with Gasteiger partial charge in [-0.2, -0.15) is 5.26 Å². The number of nitriles is 1. The molecule has 0 bridgehead atoms. The first-order valence-electron chi connectivity index (χ1n) is 21.4. The predicted octanol–water partition coefficient (Wildman–Crippen LogP) is 9.63. The van der Waals surface area contributed by atoms with Gasteiger partial charge in [0, 0.05) is 54.6 Å². The standard InChI is InChI=1S/C52H49Cl2N5O9/c1-33(62)52(3,32-61)59-25-42-18-45(54)49(20-47(42)66-29-37-13-36(21-55)22-57-23-37)68-28-35-8-6-10-40(15-35)39-9-5-7-34(14-39)27-67-48-19-46(65-30-38-16-43(56-4)26-58-24-38)41(17-44(48)53)11-12-51(2,31-60)50(63)64/h5-10,13-20,22-24,26,59-61H,11-12,25,27-32H2,1-3H3,(H,63,64)/t51-,52+/m0/s1. The highest BCUT2D eigenvalue weighted by molar-refractivity contribution is 6.32. The van der Waals surface area contributed by atoms with Crippen LogP contribution in [0.1, 0.15) is 66.1 Å². The van der Waals surface area contributed by atoms with Crippen molar-refractivity contribution in [2.45, 2.75) is 72.1 Å². The maximum atomic E-state index is 12.3. The number of aliphatic carboxylic acids is 1. The number of ketones is 1. The average Bonchev–Trinajstić information content (AvgIpc) is 3.35. The SMILES string of the molecule is [C-]#[N+]c1cncc(COc2cc(OCc3cccc(-c4cccc(COc5cc(OCc6cncc(C#N)c6)c(CN[C@](C)(CO)C(C)=O)cc5Cl)c4)c3)c(Cl)cc2CC[C@@](C)(CO)C(=O)O)c1. The summed E-state index contributed by atoms with van der Waals surface area (Å²) in [6, 6.07) is 27.8. The molecule has 2 atom stereocenters. The van der Waals surface area contributed by atoms with Gasteiger partial charge in [0.05, 0.1) is 46.3 Å². The van der Waals surface area contributed by atoms with Gasteiger partial charge in [-0.3, -0.25) is 24.9 Å². The number of aliphatic hydroxyl groups excluding tert-OH is 2.